The zero-order chi connectivity index (χ0) is 15.2. The third kappa shape index (κ3) is 3.78. The Balaban J connectivity index is 2.01. The molecule has 0 aliphatic heterocycles. The SMILES string of the molecule is C[C@@H](C(=O)OC(=O)[C@H](C)c1ccccc1)c1ccccc1. The molecule has 0 radical (unpaired) electrons. The zero-order valence-corrected chi connectivity index (χ0v) is 12.2. The molecule has 3 nitrogen and oxygen atoms in total. The molecule has 2 atom stereocenters. The molecule has 0 spiro atoms. The average molecular weight is 282 g/mol. The van der Waals surface area contributed by atoms with E-state index in [0.717, 1.165) is 11.1 Å². The Hall–Kier alpha value is -2.42. The summed E-state index contributed by atoms with van der Waals surface area (Å²) in [5, 5.41) is 0. The summed E-state index contributed by atoms with van der Waals surface area (Å²) in [4.78, 5) is 24.1. The number of carbonyl (C=O) groups excluding carboxylic acids is 2. The molecule has 0 unspecified atom stereocenters. The van der Waals surface area contributed by atoms with Gasteiger partial charge in [-0.15, -0.1) is 0 Å². The maximum atomic E-state index is 12.0. The molecule has 0 saturated carbocycles. The van der Waals surface area contributed by atoms with Gasteiger partial charge < -0.3 is 4.74 Å². The van der Waals surface area contributed by atoms with Crippen LogP contribution < -0.4 is 0 Å². The Morgan fingerprint density at radius 1 is 0.714 bits per heavy atom. The van der Waals surface area contributed by atoms with Crippen LogP contribution in [-0.2, 0) is 14.3 Å². The number of benzene rings is 2. The van der Waals surface area contributed by atoms with Gasteiger partial charge in [0.15, 0.2) is 0 Å². The molecule has 21 heavy (non-hydrogen) atoms. The van der Waals surface area contributed by atoms with E-state index in [1.54, 1.807) is 13.8 Å². The largest absolute Gasteiger partial charge is 0.392 e. The molecular formula is C18H18O3. The lowest BCUT2D eigenvalue weighted by molar-refractivity contribution is -0.161. The van der Waals surface area contributed by atoms with E-state index in [2.05, 4.69) is 0 Å². The van der Waals surface area contributed by atoms with Crippen molar-refractivity contribution in [2.45, 2.75) is 25.7 Å². The first kappa shape index (κ1) is 15.0. The number of rotatable bonds is 4. The number of esters is 2. The second-order valence-electron chi connectivity index (χ2n) is 5.00. The highest BCUT2D eigenvalue weighted by molar-refractivity contribution is 5.91. The smallest absolute Gasteiger partial charge is 0.320 e. The fraction of sp³-hybridized carbons (Fsp3) is 0.222. The van der Waals surface area contributed by atoms with Crippen molar-refractivity contribution in [2.24, 2.45) is 0 Å². The van der Waals surface area contributed by atoms with Crippen molar-refractivity contribution in [3.05, 3.63) is 71.8 Å². The normalized spacial score (nSPS) is 13.2. The summed E-state index contributed by atoms with van der Waals surface area (Å²) in [5.41, 5.74) is 1.67. The first-order chi connectivity index (χ1) is 10.1. The summed E-state index contributed by atoms with van der Waals surface area (Å²) in [7, 11) is 0. The average Bonchev–Trinajstić information content (AvgIpc) is 2.55. The molecule has 0 saturated heterocycles. The van der Waals surface area contributed by atoms with Gasteiger partial charge in [0, 0.05) is 0 Å². The van der Waals surface area contributed by atoms with E-state index in [9.17, 15) is 9.59 Å². The van der Waals surface area contributed by atoms with Crippen molar-refractivity contribution in [1.82, 2.24) is 0 Å². The van der Waals surface area contributed by atoms with Crippen LogP contribution in [0.5, 0.6) is 0 Å². The number of hydrogen-bond donors (Lipinski definition) is 0. The van der Waals surface area contributed by atoms with Crippen LogP contribution in [0.4, 0.5) is 0 Å². The van der Waals surface area contributed by atoms with E-state index in [0.29, 0.717) is 0 Å². The van der Waals surface area contributed by atoms with Gasteiger partial charge in [-0.3, -0.25) is 9.59 Å². The monoisotopic (exact) mass is 282 g/mol. The van der Waals surface area contributed by atoms with Gasteiger partial charge in [-0.2, -0.15) is 0 Å². The fourth-order valence-corrected chi connectivity index (χ4v) is 2.03. The van der Waals surface area contributed by atoms with Crippen molar-refractivity contribution < 1.29 is 14.3 Å². The van der Waals surface area contributed by atoms with Crippen LogP contribution in [0.2, 0.25) is 0 Å². The minimum absolute atomic E-state index is 0.460. The molecule has 0 amide bonds. The third-order valence-corrected chi connectivity index (χ3v) is 3.51. The Bertz CT molecular complexity index is 549. The highest BCUT2D eigenvalue weighted by atomic mass is 16.6. The molecule has 0 aromatic heterocycles. The minimum Gasteiger partial charge on any atom is -0.392 e. The summed E-state index contributed by atoms with van der Waals surface area (Å²) in [6, 6.07) is 18.6. The lowest BCUT2D eigenvalue weighted by atomic mass is 10.0. The van der Waals surface area contributed by atoms with Gasteiger partial charge in [-0.05, 0) is 25.0 Å². The molecule has 108 valence electrons. The van der Waals surface area contributed by atoms with Gasteiger partial charge in [-0.25, -0.2) is 0 Å². The van der Waals surface area contributed by atoms with Crippen LogP contribution in [-0.4, -0.2) is 11.9 Å². The molecule has 3 heteroatoms. The first-order valence-corrected chi connectivity index (χ1v) is 6.95. The van der Waals surface area contributed by atoms with Crippen LogP contribution in [0.25, 0.3) is 0 Å². The standard InChI is InChI=1S/C18H18O3/c1-13(15-9-5-3-6-10-15)17(19)21-18(20)14(2)16-11-7-4-8-12-16/h3-14H,1-2H3/t13-,14-/m1/s1. The fourth-order valence-electron chi connectivity index (χ4n) is 2.03. The molecule has 2 aromatic rings. The minimum atomic E-state index is -0.519. The van der Waals surface area contributed by atoms with Crippen molar-refractivity contribution in [3.8, 4) is 0 Å². The van der Waals surface area contributed by atoms with E-state index in [1.165, 1.54) is 0 Å². The Labute approximate surface area is 124 Å². The van der Waals surface area contributed by atoms with E-state index in [-0.39, 0.29) is 0 Å². The number of ether oxygens (including phenoxy) is 1. The molecule has 0 N–H and O–H groups in total. The molecule has 0 aliphatic carbocycles. The lowest BCUT2D eigenvalue weighted by Crippen LogP contribution is -2.21. The summed E-state index contributed by atoms with van der Waals surface area (Å²) in [5.74, 6) is -1.96. The van der Waals surface area contributed by atoms with Crippen LogP contribution >= 0.6 is 0 Å². The summed E-state index contributed by atoms with van der Waals surface area (Å²) in [6.45, 7) is 3.47. The van der Waals surface area contributed by atoms with Gasteiger partial charge in [0.1, 0.15) is 0 Å². The predicted molar refractivity (Wildman–Crippen MR) is 80.8 cm³/mol. The molecule has 2 aromatic carbocycles. The zero-order valence-electron chi connectivity index (χ0n) is 12.2. The molecule has 0 heterocycles. The third-order valence-electron chi connectivity index (χ3n) is 3.51. The van der Waals surface area contributed by atoms with Gasteiger partial charge in [0.25, 0.3) is 0 Å². The highest BCUT2D eigenvalue weighted by Gasteiger charge is 2.24. The van der Waals surface area contributed by atoms with Crippen molar-refractivity contribution in [2.75, 3.05) is 0 Å². The quantitative estimate of drug-likeness (QED) is 0.635. The van der Waals surface area contributed by atoms with E-state index in [1.807, 2.05) is 60.7 Å². The molecule has 0 fully saturated rings. The van der Waals surface area contributed by atoms with Crippen LogP contribution in [0.1, 0.15) is 36.8 Å². The van der Waals surface area contributed by atoms with Crippen LogP contribution in [0.3, 0.4) is 0 Å². The molecular weight excluding hydrogens is 264 g/mol. The summed E-state index contributed by atoms with van der Waals surface area (Å²) in [6.07, 6.45) is 0. The Kier molecular flexibility index (Phi) is 4.88. The number of carbonyl (C=O) groups is 2. The van der Waals surface area contributed by atoms with Gasteiger partial charge in [-0.1, -0.05) is 60.7 Å². The van der Waals surface area contributed by atoms with Crippen LogP contribution in [0.15, 0.2) is 60.7 Å². The molecule has 0 bridgehead atoms. The molecule has 2 rings (SSSR count). The first-order valence-electron chi connectivity index (χ1n) is 6.95. The summed E-state index contributed by atoms with van der Waals surface area (Å²) >= 11 is 0. The predicted octanol–water partition coefficient (Wildman–Crippen LogP) is 3.66. The van der Waals surface area contributed by atoms with Crippen molar-refractivity contribution in [1.29, 1.82) is 0 Å². The van der Waals surface area contributed by atoms with E-state index >= 15 is 0 Å². The van der Waals surface area contributed by atoms with Crippen molar-refractivity contribution >= 4 is 11.9 Å². The molecule has 0 aliphatic rings. The number of hydrogen-bond acceptors (Lipinski definition) is 3. The highest BCUT2D eigenvalue weighted by Crippen LogP contribution is 2.20. The van der Waals surface area contributed by atoms with Gasteiger partial charge in [0.05, 0.1) is 11.8 Å². The lowest BCUT2D eigenvalue weighted by Gasteiger charge is -2.14. The maximum Gasteiger partial charge on any atom is 0.320 e. The Morgan fingerprint density at radius 2 is 1.05 bits per heavy atom. The summed E-state index contributed by atoms with van der Waals surface area (Å²) < 4.78 is 5.00. The van der Waals surface area contributed by atoms with Crippen LogP contribution in [0, 0.1) is 0 Å². The van der Waals surface area contributed by atoms with E-state index < -0.39 is 23.8 Å². The maximum absolute atomic E-state index is 12.0. The van der Waals surface area contributed by atoms with Gasteiger partial charge in [0.2, 0.25) is 0 Å². The van der Waals surface area contributed by atoms with E-state index in [4.69, 9.17) is 4.74 Å². The van der Waals surface area contributed by atoms with Gasteiger partial charge >= 0.3 is 11.9 Å². The Morgan fingerprint density at radius 3 is 1.38 bits per heavy atom. The second-order valence-corrected chi connectivity index (χ2v) is 5.00. The second kappa shape index (κ2) is 6.84. The topological polar surface area (TPSA) is 43.4 Å². The van der Waals surface area contributed by atoms with Crippen molar-refractivity contribution in [3.63, 3.8) is 0 Å².